The van der Waals surface area contributed by atoms with E-state index in [-0.39, 0.29) is 12.5 Å². The van der Waals surface area contributed by atoms with Crippen LogP contribution >= 0.6 is 11.6 Å². The molecule has 0 saturated carbocycles. The van der Waals surface area contributed by atoms with Gasteiger partial charge in [-0.1, -0.05) is 46.6 Å². The summed E-state index contributed by atoms with van der Waals surface area (Å²) in [5.41, 5.74) is 2.97. The van der Waals surface area contributed by atoms with Gasteiger partial charge in [-0.3, -0.25) is 4.79 Å². The maximum absolute atomic E-state index is 12.3. The van der Waals surface area contributed by atoms with Crippen LogP contribution in [0.1, 0.15) is 17.0 Å². The molecule has 3 aromatic rings. The zero-order valence-corrected chi connectivity index (χ0v) is 14.8. The molecule has 25 heavy (non-hydrogen) atoms. The van der Waals surface area contributed by atoms with Crippen molar-refractivity contribution in [2.24, 2.45) is 0 Å². The Hall–Kier alpha value is -2.66. The van der Waals surface area contributed by atoms with E-state index in [2.05, 4.69) is 10.1 Å². The predicted octanol–water partition coefficient (Wildman–Crippen LogP) is 3.90. The quantitative estimate of drug-likeness (QED) is 0.696. The van der Waals surface area contributed by atoms with Crippen LogP contribution in [0.3, 0.4) is 0 Å². The van der Waals surface area contributed by atoms with Gasteiger partial charge in [0.2, 0.25) is 17.6 Å². The third kappa shape index (κ3) is 4.45. The molecule has 0 aliphatic heterocycles. The molecule has 3 rings (SSSR count). The van der Waals surface area contributed by atoms with Crippen molar-refractivity contribution in [1.29, 1.82) is 0 Å². The Morgan fingerprint density at radius 1 is 1.12 bits per heavy atom. The van der Waals surface area contributed by atoms with Gasteiger partial charge < -0.3 is 9.42 Å². The molecule has 2 aromatic carbocycles. The van der Waals surface area contributed by atoms with E-state index >= 15 is 0 Å². The molecule has 0 saturated heterocycles. The van der Waals surface area contributed by atoms with Gasteiger partial charge in [-0.2, -0.15) is 4.98 Å². The predicted molar refractivity (Wildman–Crippen MR) is 96.1 cm³/mol. The van der Waals surface area contributed by atoms with E-state index in [4.69, 9.17) is 16.1 Å². The molecule has 1 heterocycles. The van der Waals surface area contributed by atoms with Crippen LogP contribution in [0.15, 0.2) is 53.1 Å². The van der Waals surface area contributed by atoms with Crippen molar-refractivity contribution in [3.8, 4) is 11.4 Å². The van der Waals surface area contributed by atoms with Gasteiger partial charge in [-0.25, -0.2) is 0 Å². The van der Waals surface area contributed by atoms with Crippen molar-refractivity contribution in [1.82, 2.24) is 15.0 Å². The first kappa shape index (κ1) is 17.2. The van der Waals surface area contributed by atoms with Crippen molar-refractivity contribution in [2.75, 3.05) is 7.05 Å². The number of hydrogen-bond acceptors (Lipinski definition) is 4. The summed E-state index contributed by atoms with van der Waals surface area (Å²) in [6.45, 7) is 2.29. The number of amides is 1. The van der Waals surface area contributed by atoms with Gasteiger partial charge in [-0.05, 0) is 36.8 Å². The molecule has 1 amide bonds. The lowest BCUT2D eigenvalue weighted by Gasteiger charge is -2.14. The Labute approximate surface area is 151 Å². The standard InChI is InChI=1S/C19H18ClN3O2/c1-13-3-5-14(6-4-13)11-18(24)23(2)12-17-21-19(22-25-17)15-7-9-16(20)10-8-15/h3-10H,11-12H2,1-2H3. The monoisotopic (exact) mass is 355 g/mol. The third-order valence-corrected chi connectivity index (χ3v) is 4.10. The van der Waals surface area contributed by atoms with Gasteiger partial charge in [-0.15, -0.1) is 0 Å². The van der Waals surface area contributed by atoms with E-state index in [0.717, 1.165) is 11.1 Å². The molecule has 0 unspecified atom stereocenters. The number of aromatic nitrogens is 2. The Morgan fingerprint density at radius 2 is 1.80 bits per heavy atom. The first-order valence-electron chi connectivity index (χ1n) is 7.89. The highest BCUT2D eigenvalue weighted by atomic mass is 35.5. The molecule has 0 radical (unpaired) electrons. The van der Waals surface area contributed by atoms with Gasteiger partial charge in [0.1, 0.15) is 0 Å². The Morgan fingerprint density at radius 3 is 2.48 bits per heavy atom. The number of halogens is 1. The van der Waals surface area contributed by atoms with Crippen molar-refractivity contribution in [2.45, 2.75) is 19.9 Å². The number of carbonyl (C=O) groups excluding carboxylic acids is 1. The maximum Gasteiger partial charge on any atom is 0.246 e. The normalized spacial score (nSPS) is 10.7. The second-order valence-electron chi connectivity index (χ2n) is 5.93. The van der Waals surface area contributed by atoms with Crippen LogP contribution in [0.25, 0.3) is 11.4 Å². The average molecular weight is 356 g/mol. The molecule has 0 aliphatic rings. The maximum atomic E-state index is 12.3. The molecular weight excluding hydrogens is 338 g/mol. The molecular formula is C19H18ClN3O2. The summed E-state index contributed by atoms with van der Waals surface area (Å²) in [6.07, 6.45) is 0.342. The summed E-state index contributed by atoms with van der Waals surface area (Å²) in [5, 5.41) is 4.60. The lowest BCUT2D eigenvalue weighted by Crippen LogP contribution is -2.27. The van der Waals surface area contributed by atoms with E-state index in [9.17, 15) is 4.79 Å². The number of carbonyl (C=O) groups is 1. The fourth-order valence-electron chi connectivity index (χ4n) is 2.34. The van der Waals surface area contributed by atoms with E-state index < -0.39 is 0 Å². The summed E-state index contributed by atoms with van der Waals surface area (Å²) < 4.78 is 5.25. The average Bonchev–Trinajstić information content (AvgIpc) is 3.06. The molecule has 0 atom stereocenters. The van der Waals surface area contributed by atoms with Gasteiger partial charge >= 0.3 is 0 Å². The minimum absolute atomic E-state index is 0.00454. The highest BCUT2D eigenvalue weighted by molar-refractivity contribution is 6.30. The minimum Gasteiger partial charge on any atom is -0.337 e. The van der Waals surface area contributed by atoms with Gasteiger partial charge in [0.25, 0.3) is 0 Å². The lowest BCUT2D eigenvalue weighted by atomic mass is 10.1. The van der Waals surface area contributed by atoms with Crippen LogP contribution in [0.2, 0.25) is 5.02 Å². The van der Waals surface area contributed by atoms with Gasteiger partial charge in [0.05, 0.1) is 13.0 Å². The molecule has 6 heteroatoms. The van der Waals surface area contributed by atoms with Crippen LogP contribution in [0.4, 0.5) is 0 Å². The van der Waals surface area contributed by atoms with Crippen LogP contribution in [-0.4, -0.2) is 28.0 Å². The number of rotatable bonds is 5. The lowest BCUT2D eigenvalue weighted by molar-refractivity contribution is -0.130. The molecule has 0 fully saturated rings. The Kier molecular flexibility index (Phi) is 5.14. The zero-order chi connectivity index (χ0) is 17.8. The number of aryl methyl sites for hydroxylation is 1. The summed E-state index contributed by atoms with van der Waals surface area (Å²) >= 11 is 5.87. The largest absolute Gasteiger partial charge is 0.337 e. The van der Waals surface area contributed by atoms with Crippen molar-refractivity contribution in [3.63, 3.8) is 0 Å². The Bertz CT molecular complexity index is 857. The number of nitrogens with zero attached hydrogens (tertiary/aromatic N) is 3. The molecule has 1 aromatic heterocycles. The zero-order valence-electron chi connectivity index (χ0n) is 14.1. The van der Waals surface area contributed by atoms with Crippen LogP contribution < -0.4 is 0 Å². The summed E-state index contributed by atoms with van der Waals surface area (Å²) in [5.74, 6) is 0.867. The number of benzene rings is 2. The molecule has 0 N–H and O–H groups in total. The van der Waals surface area contributed by atoms with E-state index in [1.807, 2.05) is 43.3 Å². The smallest absolute Gasteiger partial charge is 0.246 e. The van der Waals surface area contributed by atoms with E-state index in [1.165, 1.54) is 5.56 Å². The molecule has 0 spiro atoms. The van der Waals surface area contributed by atoms with Crippen LogP contribution in [-0.2, 0) is 17.8 Å². The minimum atomic E-state index is -0.00454. The van der Waals surface area contributed by atoms with Crippen LogP contribution in [0.5, 0.6) is 0 Å². The van der Waals surface area contributed by atoms with E-state index in [0.29, 0.717) is 23.2 Å². The highest BCUT2D eigenvalue weighted by Gasteiger charge is 2.15. The van der Waals surface area contributed by atoms with Gasteiger partial charge in [0.15, 0.2) is 0 Å². The van der Waals surface area contributed by atoms with Crippen molar-refractivity contribution in [3.05, 3.63) is 70.6 Å². The topological polar surface area (TPSA) is 59.2 Å². The molecule has 0 aliphatic carbocycles. The number of likely N-dealkylation sites (N-methyl/N-ethyl adjacent to an activating group) is 1. The second-order valence-corrected chi connectivity index (χ2v) is 6.37. The molecule has 0 bridgehead atoms. The highest BCUT2D eigenvalue weighted by Crippen LogP contribution is 2.19. The number of hydrogen-bond donors (Lipinski definition) is 0. The summed E-state index contributed by atoms with van der Waals surface area (Å²) in [7, 11) is 1.72. The van der Waals surface area contributed by atoms with Crippen molar-refractivity contribution < 1.29 is 9.32 Å². The summed E-state index contributed by atoms with van der Waals surface area (Å²) in [6, 6.07) is 15.1. The third-order valence-electron chi connectivity index (χ3n) is 3.84. The first-order valence-corrected chi connectivity index (χ1v) is 8.27. The molecule has 128 valence electrons. The summed E-state index contributed by atoms with van der Waals surface area (Å²) in [4.78, 5) is 18.3. The second kappa shape index (κ2) is 7.49. The van der Waals surface area contributed by atoms with Crippen molar-refractivity contribution >= 4 is 17.5 Å². The molecule has 5 nitrogen and oxygen atoms in total. The SMILES string of the molecule is Cc1ccc(CC(=O)N(C)Cc2nc(-c3ccc(Cl)cc3)no2)cc1. The Balaban J connectivity index is 1.62. The fraction of sp³-hybridized carbons (Fsp3) is 0.211. The first-order chi connectivity index (χ1) is 12.0. The van der Waals surface area contributed by atoms with Gasteiger partial charge in [0, 0.05) is 17.6 Å². The van der Waals surface area contributed by atoms with Crippen LogP contribution in [0, 0.1) is 6.92 Å². The fourth-order valence-corrected chi connectivity index (χ4v) is 2.47. The van der Waals surface area contributed by atoms with E-state index in [1.54, 1.807) is 24.1 Å².